The Morgan fingerprint density at radius 2 is 1.14 bits per heavy atom. The summed E-state index contributed by atoms with van der Waals surface area (Å²) in [4.78, 5) is 28.0. The average molecular weight is 774 g/mol. The molecule has 1 N–H and O–H groups in total. The smallest absolute Gasteiger partial charge is 0.328 e. The van der Waals surface area contributed by atoms with E-state index in [1.807, 2.05) is 12.1 Å². The number of rotatable bonds is 19. The predicted molar refractivity (Wildman–Crippen MR) is 241 cm³/mol. The first-order valence-corrected chi connectivity index (χ1v) is 21.6. The highest BCUT2D eigenvalue weighted by Crippen LogP contribution is 2.55. The summed E-state index contributed by atoms with van der Waals surface area (Å²) in [6.07, 6.45) is 14.8. The number of hydrogen-bond acceptors (Lipinski definition) is 4. The van der Waals surface area contributed by atoms with Crippen molar-refractivity contribution >= 4 is 17.1 Å². The highest BCUT2D eigenvalue weighted by Gasteiger charge is 2.42. The van der Waals surface area contributed by atoms with Crippen LogP contribution in [-0.4, -0.2) is 16.2 Å². The summed E-state index contributed by atoms with van der Waals surface area (Å²) in [6, 6.07) is 41.7. The fourth-order valence-electron chi connectivity index (χ4n) is 8.84. The molecular weight excluding hydrogens is 715 g/mol. The van der Waals surface area contributed by atoms with Crippen LogP contribution in [0.3, 0.4) is 0 Å². The number of aromatic nitrogens is 2. The van der Waals surface area contributed by atoms with Crippen LogP contribution < -0.4 is 20.9 Å². The number of fused-ring (bicyclic) bond motifs is 3. The molecule has 7 rings (SSSR count). The number of nitrogens with zero attached hydrogens (tertiary/aromatic N) is 2. The summed E-state index contributed by atoms with van der Waals surface area (Å²) in [6.45, 7) is 9.89. The number of unbranched alkanes of at least 4 members (excludes halogenated alkanes) is 6. The maximum absolute atomic E-state index is 12.0. The van der Waals surface area contributed by atoms with E-state index in [1.54, 1.807) is 5.56 Å². The third-order valence-electron chi connectivity index (χ3n) is 12.0. The van der Waals surface area contributed by atoms with Crippen molar-refractivity contribution in [3.05, 3.63) is 165 Å². The number of aromatic amines is 1. The Bertz CT molecular complexity index is 2380. The van der Waals surface area contributed by atoms with Crippen molar-refractivity contribution in [1.29, 1.82) is 0 Å². The van der Waals surface area contributed by atoms with E-state index in [0.29, 0.717) is 19.6 Å². The molecule has 0 atom stereocenters. The number of anilines is 3. The normalized spacial score (nSPS) is 12.6. The zero-order chi connectivity index (χ0) is 40.5. The van der Waals surface area contributed by atoms with Gasteiger partial charge in [0.2, 0.25) is 0 Å². The highest BCUT2D eigenvalue weighted by molar-refractivity contribution is 5.85. The van der Waals surface area contributed by atoms with Crippen molar-refractivity contribution in [2.45, 2.75) is 110 Å². The van der Waals surface area contributed by atoms with Gasteiger partial charge in [-0.1, -0.05) is 131 Å². The fraction of sp³-hybridized carbons (Fsp3) is 0.346. The Morgan fingerprint density at radius 1 is 0.586 bits per heavy atom. The molecule has 300 valence electrons. The summed E-state index contributed by atoms with van der Waals surface area (Å²) in [5.74, 6) is 0.762. The molecule has 6 heteroatoms. The third kappa shape index (κ3) is 9.07. The fourth-order valence-corrected chi connectivity index (χ4v) is 8.84. The summed E-state index contributed by atoms with van der Waals surface area (Å²) in [5.41, 5.74) is 13.4. The lowest BCUT2D eigenvalue weighted by atomic mass is 9.70. The minimum atomic E-state index is -0.405. The molecule has 1 aliphatic carbocycles. The van der Waals surface area contributed by atoms with Crippen LogP contribution in [0.5, 0.6) is 5.75 Å². The van der Waals surface area contributed by atoms with Crippen molar-refractivity contribution in [2.24, 2.45) is 0 Å². The Hall–Kier alpha value is -5.62. The Balaban J connectivity index is 1.15. The van der Waals surface area contributed by atoms with Gasteiger partial charge in [-0.05, 0) is 121 Å². The van der Waals surface area contributed by atoms with Crippen LogP contribution in [0.4, 0.5) is 17.1 Å². The van der Waals surface area contributed by atoms with E-state index in [1.165, 1.54) is 120 Å². The molecule has 0 saturated heterocycles. The molecule has 1 aromatic heterocycles. The topological polar surface area (TPSA) is 67.3 Å². The van der Waals surface area contributed by atoms with Gasteiger partial charge < -0.3 is 14.2 Å². The summed E-state index contributed by atoms with van der Waals surface area (Å²) >= 11 is 0. The van der Waals surface area contributed by atoms with Crippen molar-refractivity contribution < 1.29 is 4.74 Å². The third-order valence-corrected chi connectivity index (χ3v) is 12.0. The number of benzene rings is 5. The van der Waals surface area contributed by atoms with Crippen LogP contribution in [0.2, 0.25) is 0 Å². The van der Waals surface area contributed by atoms with E-state index in [9.17, 15) is 9.59 Å². The van der Waals surface area contributed by atoms with Gasteiger partial charge in [0.15, 0.2) is 0 Å². The van der Waals surface area contributed by atoms with E-state index >= 15 is 0 Å². The standard InChI is InChI=1S/C52H59N3O3/c1-5-7-9-11-31-52(32-12-10-8-6-2)48-36-39(4)16-28-46(48)47-29-19-41(37-49(47)52)40-17-22-43(23-18-40)55(42-20-14-38(3)15-21-42)44-24-26-45(27-25-44)58-35-13-33-54-34-30-50(56)53-51(54)57/h14-30,34,36-37H,5-13,31-33,35H2,1-4H3,(H,53,56,57). The van der Waals surface area contributed by atoms with E-state index < -0.39 is 11.2 Å². The molecule has 6 aromatic rings. The molecule has 0 radical (unpaired) electrons. The van der Waals surface area contributed by atoms with Gasteiger partial charge in [0.1, 0.15) is 5.75 Å². The number of H-pyrrole nitrogens is 1. The average Bonchev–Trinajstić information content (AvgIpc) is 3.49. The lowest BCUT2D eigenvalue weighted by molar-refractivity contribution is 0.300. The monoisotopic (exact) mass is 773 g/mol. The maximum atomic E-state index is 12.0. The Labute approximate surface area is 344 Å². The molecule has 0 spiro atoms. The molecule has 0 bridgehead atoms. The second-order valence-corrected chi connectivity index (χ2v) is 16.2. The summed E-state index contributed by atoms with van der Waals surface area (Å²) in [7, 11) is 0. The van der Waals surface area contributed by atoms with Gasteiger partial charge in [0.25, 0.3) is 5.56 Å². The molecular formula is C52H59N3O3. The van der Waals surface area contributed by atoms with Gasteiger partial charge in [0.05, 0.1) is 6.61 Å². The number of ether oxygens (including phenoxy) is 1. The first-order chi connectivity index (χ1) is 28.3. The van der Waals surface area contributed by atoms with Gasteiger partial charge in [0, 0.05) is 41.3 Å². The van der Waals surface area contributed by atoms with Gasteiger partial charge in [-0.3, -0.25) is 9.78 Å². The molecule has 0 unspecified atom stereocenters. The van der Waals surface area contributed by atoms with E-state index in [4.69, 9.17) is 4.74 Å². The van der Waals surface area contributed by atoms with Crippen LogP contribution in [0.1, 0.15) is 107 Å². The molecule has 58 heavy (non-hydrogen) atoms. The zero-order valence-corrected chi connectivity index (χ0v) is 34.9. The van der Waals surface area contributed by atoms with Gasteiger partial charge >= 0.3 is 5.69 Å². The van der Waals surface area contributed by atoms with Crippen molar-refractivity contribution in [1.82, 2.24) is 9.55 Å². The Morgan fingerprint density at radius 3 is 1.76 bits per heavy atom. The minimum Gasteiger partial charge on any atom is -0.494 e. The van der Waals surface area contributed by atoms with Crippen molar-refractivity contribution in [3.63, 3.8) is 0 Å². The Kier molecular flexibility index (Phi) is 13.1. The highest BCUT2D eigenvalue weighted by atomic mass is 16.5. The molecule has 1 aliphatic rings. The molecule has 0 saturated carbocycles. The quantitative estimate of drug-likeness (QED) is 0.0833. The van der Waals surface area contributed by atoms with Gasteiger partial charge in [-0.25, -0.2) is 4.79 Å². The number of aryl methyl sites for hydroxylation is 3. The van der Waals surface area contributed by atoms with Crippen molar-refractivity contribution in [2.75, 3.05) is 11.5 Å². The lowest BCUT2D eigenvalue weighted by Gasteiger charge is -2.33. The number of nitrogens with one attached hydrogen (secondary N) is 1. The van der Waals surface area contributed by atoms with E-state index in [2.05, 4.69) is 135 Å². The largest absolute Gasteiger partial charge is 0.494 e. The zero-order valence-electron chi connectivity index (χ0n) is 34.9. The van der Waals surface area contributed by atoms with Gasteiger partial charge in [-0.15, -0.1) is 0 Å². The summed E-state index contributed by atoms with van der Waals surface area (Å²) in [5, 5.41) is 0. The van der Waals surface area contributed by atoms with Crippen molar-refractivity contribution in [3.8, 4) is 28.0 Å². The predicted octanol–water partition coefficient (Wildman–Crippen LogP) is 13.0. The molecule has 6 nitrogen and oxygen atoms in total. The van der Waals surface area contributed by atoms with E-state index in [0.717, 1.165) is 22.8 Å². The second kappa shape index (κ2) is 18.8. The molecule has 0 aliphatic heterocycles. The van der Waals surface area contributed by atoms with Crippen LogP contribution in [0.15, 0.2) is 131 Å². The van der Waals surface area contributed by atoms with E-state index in [-0.39, 0.29) is 5.41 Å². The first-order valence-electron chi connectivity index (χ1n) is 21.6. The minimum absolute atomic E-state index is 0.0507. The molecule has 0 fully saturated rings. The molecule has 1 heterocycles. The lowest BCUT2D eigenvalue weighted by Crippen LogP contribution is -2.29. The molecule has 5 aromatic carbocycles. The van der Waals surface area contributed by atoms with Crippen LogP contribution in [-0.2, 0) is 12.0 Å². The summed E-state index contributed by atoms with van der Waals surface area (Å²) < 4.78 is 7.54. The van der Waals surface area contributed by atoms with Crippen LogP contribution >= 0.6 is 0 Å². The van der Waals surface area contributed by atoms with Crippen LogP contribution in [0.25, 0.3) is 22.3 Å². The van der Waals surface area contributed by atoms with Crippen LogP contribution in [0, 0.1) is 13.8 Å². The first kappa shape index (κ1) is 40.6. The number of hydrogen-bond donors (Lipinski definition) is 1. The second-order valence-electron chi connectivity index (χ2n) is 16.2. The van der Waals surface area contributed by atoms with Gasteiger partial charge in [-0.2, -0.15) is 0 Å². The SMILES string of the molecule is CCCCCCC1(CCCCCC)c2cc(C)ccc2-c2ccc(-c3ccc(N(c4ccc(C)cc4)c4ccc(OCCCn5ccc(=O)[nH]c5=O)cc4)cc3)cc21. The molecule has 0 amide bonds. The maximum Gasteiger partial charge on any atom is 0.328 e.